The van der Waals surface area contributed by atoms with Crippen LogP contribution >= 0.6 is 12.2 Å². The second kappa shape index (κ2) is 7.85. The van der Waals surface area contributed by atoms with E-state index in [0.717, 1.165) is 17.0 Å². The summed E-state index contributed by atoms with van der Waals surface area (Å²) >= 11 is 5.21. The predicted molar refractivity (Wildman–Crippen MR) is 99.0 cm³/mol. The molecule has 3 rings (SSSR count). The summed E-state index contributed by atoms with van der Waals surface area (Å²) in [6.07, 6.45) is 0. The number of nitrogens with zero attached hydrogens (tertiary/aromatic N) is 2. The molecule has 7 heteroatoms. The van der Waals surface area contributed by atoms with Crippen LogP contribution in [0.25, 0.3) is 0 Å². The molecule has 0 aliphatic carbocycles. The van der Waals surface area contributed by atoms with Gasteiger partial charge in [0.25, 0.3) is 0 Å². The van der Waals surface area contributed by atoms with Crippen molar-refractivity contribution in [2.75, 3.05) is 12.5 Å². The second-order valence-electron chi connectivity index (χ2n) is 5.47. The maximum absolute atomic E-state index is 6.05. The van der Waals surface area contributed by atoms with Gasteiger partial charge < -0.3 is 14.9 Å². The van der Waals surface area contributed by atoms with Crippen LogP contribution in [0.4, 0.5) is 0 Å². The Kier molecular flexibility index (Phi) is 5.35. The molecule has 0 fully saturated rings. The Morgan fingerprint density at radius 1 is 1.16 bits per heavy atom. The quantitative estimate of drug-likeness (QED) is 0.634. The highest BCUT2D eigenvalue weighted by Crippen LogP contribution is 2.32. The fourth-order valence-corrected chi connectivity index (χ4v) is 2.72. The maximum Gasteiger partial charge on any atom is 0.214 e. The van der Waals surface area contributed by atoms with Crippen molar-refractivity contribution < 1.29 is 9.47 Å². The Labute approximate surface area is 151 Å². The summed E-state index contributed by atoms with van der Waals surface area (Å²) in [5.74, 6) is 2.18. The lowest BCUT2D eigenvalue weighted by Gasteiger charge is -2.16. The third-order valence-electron chi connectivity index (χ3n) is 3.77. The van der Waals surface area contributed by atoms with Crippen LogP contribution in [0.5, 0.6) is 11.5 Å². The highest BCUT2D eigenvalue weighted by molar-refractivity contribution is 7.71. The fourth-order valence-electron chi connectivity index (χ4n) is 2.48. The van der Waals surface area contributed by atoms with Crippen molar-refractivity contribution >= 4 is 12.2 Å². The summed E-state index contributed by atoms with van der Waals surface area (Å²) in [5, 5.41) is 6.84. The SMILES string of the molecule is COc1cccc(CNn2c(C)n[nH]c2=S)c1OCc1ccccc1. The minimum Gasteiger partial charge on any atom is -0.493 e. The summed E-state index contributed by atoms with van der Waals surface area (Å²) in [6, 6.07) is 15.8. The van der Waals surface area contributed by atoms with E-state index >= 15 is 0 Å². The van der Waals surface area contributed by atoms with E-state index in [2.05, 4.69) is 15.6 Å². The molecular weight excluding hydrogens is 336 g/mol. The van der Waals surface area contributed by atoms with Crippen LogP contribution in [-0.4, -0.2) is 22.0 Å². The van der Waals surface area contributed by atoms with Crippen LogP contribution < -0.4 is 14.9 Å². The van der Waals surface area contributed by atoms with Gasteiger partial charge in [0, 0.05) is 5.56 Å². The van der Waals surface area contributed by atoms with Crippen molar-refractivity contribution in [1.29, 1.82) is 0 Å². The lowest BCUT2D eigenvalue weighted by Crippen LogP contribution is -2.16. The smallest absolute Gasteiger partial charge is 0.214 e. The Morgan fingerprint density at radius 3 is 2.64 bits per heavy atom. The lowest BCUT2D eigenvalue weighted by molar-refractivity contribution is 0.281. The van der Waals surface area contributed by atoms with E-state index in [9.17, 15) is 0 Å². The third-order valence-corrected chi connectivity index (χ3v) is 4.05. The molecule has 2 N–H and O–H groups in total. The number of aromatic amines is 1. The number of methoxy groups -OCH3 is 1. The molecule has 0 amide bonds. The van der Waals surface area contributed by atoms with E-state index in [1.54, 1.807) is 11.8 Å². The molecule has 0 spiro atoms. The zero-order chi connectivity index (χ0) is 17.6. The zero-order valence-corrected chi connectivity index (χ0v) is 15.0. The van der Waals surface area contributed by atoms with E-state index in [4.69, 9.17) is 21.7 Å². The molecule has 1 heterocycles. The molecule has 0 aliphatic heterocycles. The van der Waals surface area contributed by atoms with Crippen LogP contribution in [0.15, 0.2) is 48.5 Å². The average molecular weight is 356 g/mol. The highest BCUT2D eigenvalue weighted by Gasteiger charge is 2.11. The van der Waals surface area contributed by atoms with Gasteiger partial charge >= 0.3 is 0 Å². The number of H-pyrrole nitrogens is 1. The van der Waals surface area contributed by atoms with E-state index in [0.29, 0.717) is 29.4 Å². The third kappa shape index (κ3) is 4.00. The molecule has 0 aliphatic rings. The van der Waals surface area contributed by atoms with Crippen molar-refractivity contribution in [3.8, 4) is 11.5 Å². The summed E-state index contributed by atoms with van der Waals surface area (Å²) in [4.78, 5) is 0. The van der Waals surface area contributed by atoms with Gasteiger partial charge in [-0.1, -0.05) is 42.5 Å². The number of hydrogen-bond acceptors (Lipinski definition) is 5. The van der Waals surface area contributed by atoms with Crippen LogP contribution in [0.1, 0.15) is 17.0 Å². The van der Waals surface area contributed by atoms with Crippen molar-refractivity contribution in [2.45, 2.75) is 20.1 Å². The first kappa shape index (κ1) is 17.0. The molecule has 0 atom stereocenters. The number of nitrogens with one attached hydrogen (secondary N) is 2. The van der Waals surface area contributed by atoms with Gasteiger partial charge in [0.1, 0.15) is 12.4 Å². The summed E-state index contributed by atoms with van der Waals surface area (Å²) in [6.45, 7) is 2.87. The largest absolute Gasteiger partial charge is 0.493 e. The van der Waals surface area contributed by atoms with Gasteiger partial charge in [-0.2, -0.15) is 5.10 Å². The first-order valence-corrected chi connectivity index (χ1v) is 8.30. The number of para-hydroxylation sites is 1. The molecule has 0 unspecified atom stereocenters. The van der Waals surface area contributed by atoms with Crippen molar-refractivity contribution in [2.24, 2.45) is 0 Å². The van der Waals surface area contributed by atoms with Crippen LogP contribution in [-0.2, 0) is 13.2 Å². The van der Waals surface area contributed by atoms with Crippen molar-refractivity contribution in [3.63, 3.8) is 0 Å². The van der Waals surface area contributed by atoms with Gasteiger partial charge in [-0.25, -0.2) is 4.68 Å². The molecule has 0 bridgehead atoms. The fraction of sp³-hybridized carbons (Fsp3) is 0.222. The number of benzene rings is 2. The van der Waals surface area contributed by atoms with Gasteiger partial charge in [0.15, 0.2) is 11.5 Å². The van der Waals surface area contributed by atoms with E-state index < -0.39 is 0 Å². The van der Waals surface area contributed by atoms with Crippen LogP contribution in [0, 0.1) is 11.7 Å². The first-order chi connectivity index (χ1) is 12.2. The topological polar surface area (TPSA) is 64.1 Å². The normalized spacial score (nSPS) is 10.5. The molecule has 130 valence electrons. The number of ether oxygens (including phenoxy) is 2. The number of aryl methyl sites for hydroxylation is 1. The molecule has 0 saturated heterocycles. The molecule has 0 radical (unpaired) electrons. The summed E-state index contributed by atoms with van der Waals surface area (Å²) in [5.41, 5.74) is 5.32. The molecule has 0 saturated carbocycles. The number of hydrogen-bond donors (Lipinski definition) is 2. The molecule has 6 nitrogen and oxygen atoms in total. The van der Waals surface area contributed by atoms with Gasteiger partial charge in [-0.05, 0) is 30.8 Å². The monoisotopic (exact) mass is 356 g/mol. The molecular formula is C18H20N4O2S. The molecule has 25 heavy (non-hydrogen) atoms. The molecule has 2 aromatic carbocycles. The predicted octanol–water partition coefficient (Wildman–Crippen LogP) is 3.58. The maximum atomic E-state index is 6.05. The Hall–Kier alpha value is -2.80. The zero-order valence-electron chi connectivity index (χ0n) is 14.2. The second-order valence-corrected chi connectivity index (χ2v) is 5.86. The summed E-state index contributed by atoms with van der Waals surface area (Å²) < 4.78 is 13.8. The van der Waals surface area contributed by atoms with Crippen LogP contribution in [0.2, 0.25) is 0 Å². The Balaban J connectivity index is 1.80. The van der Waals surface area contributed by atoms with Gasteiger partial charge in [-0.15, -0.1) is 0 Å². The first-order valence-electron chi connectivity index (χ1n) is 7.89. The molecule has 3 aromatic rings. The number of aromatic nitrogens is 3. The highest BCUT2D eigenvalue weighted by atomic mass is 32.1. The lowest BCUT2D eigenvalue weighted by atomic mass is 10.2. The van der Waals surface area contributed by atoms with Crippen molar-refractivity contribution in [1.82, 2.24) is 14.9 Å². The minimum atomic E-state index is 0.471. The summed E-state index contributed by atoms with van der Waals surface area (Å²) in [7, 11) is 1.64. The van der Waals surface area contributed by atoms with Gasteiger partial charge in [0.05, 0.1) is 13.7 Å². The van der Waals surface area contributed by atoms with E-state index in [1.807, 2.05) is 55.5 Å². The standard InChI is InChI=1S/C18H20N4O2S/c1-13-20-21-18(25)22(13)19-11-15-9-6-10-16(23-2)17(15)24-12-14-7-4-3-5-8-14/h3-10,19H,11-12H2,1-2H3,(H,21,25). The Bertz CT molecular complexity index is 890. The average Bonchev–Trinajstić information content (AvgIpc) is 2.97. The Morgan fingerprint density at radius 2 is 1.96 bits per heavy atom. The van der Waals surface area contributed by atoms with Crippen molar-refractivity contribution in [3.05, 3.63) is 70.3 Å². The number of rotatable bonds is 7. The minimum absolute atomic E-state index is 0.471. The van der Waals surface area contributed by atoms with E-state index in [1.165, 1.54) is 0 Å². The van der Waals surface area contributed by atoms with Crippen LogP contribution in [0.3, 0.4) is 0 Å². The van der Waals surface area contributed by atoms with E-state index in [-0.39, 0.29) is 0 Å². The van der Waals surface area contributed by atoms with Gasteiger partial charge in [0.2, 0.25) is 4.77 Å². The molecule has 1 aromatic heterocycles. The van der Waals surface area contributed by atoms with Gasteiger partial charge in [-0.3, -0.25) is 5.10 Å².